The van der Waals surface area contributed by atoms with Crippen molar-refractivity contribution >= 4 is 40.1 Å². The maximum Gasteiger partial charge on any atom is 0.411 e. The smallest absolute Gasteiger partial charge is 0.411 e. The molecule has 0 aromatic heterocycles. The molecule has 3 aromatic rings. The van der Waals surface area contributed by atoms with Crippen molar-refractivity contribution in [2.45, 2.75) is 24.7 Å². The van der Waals surface area contributed by atoms with E-state index in [9.17, 15) is 4.79 Å². The zero-order valence-electron chi connectivity index (χ0n) is 16.3. The van der Waals surface area contributed by atoms with E-state index in [1.807, 2.05) is 53.4 Å². The second-order valence-corrected chi connectivity index (χ2v) is 8.81. The minimum absolute atomic E-state index is 0.214. The molecule has 3 aromatic carbocycles. The summed E-state index contributed by atoms with van der Waals surface area (Å²) in [6, 6.07) is 26.3. The monoisotopic (exact) mass is 511 g/mol. The van der Waals surface area contributed by atoms with Crippen LogP contribution in [0.3, 0.4) is 0 Å². The van der Waals surface area contributed by atoms with Gasteiger partial charge in [0.05, 0.1) is 0 Å². The quantitative estimate of drug-likeness (QED) is 0.462. The first kappa shape index (κ1) is 19.2. The number of ether oxygens (including phenoxy) is 1. The zero-order valence-corrected chi connectivity index (χ0v) is 18.5. The lowest BCUT2D eigenvalue weighted by atomic mass is 9.88. The topological polar surface area (TPSA) is 53.6 Å². The van der Waals surface area contributed by atoms with Crippen LogP contribution in [0, 0.1) is 3.57 Å². The highest BCUT2D eigenvalue weighted by molar-refractivity contribution is 14.1. The van der Waals surface area contributed by atoms with Crippen molar-refractivity contribution in [1.29, 1.82) is 0 Å². The Balaban J connectivity index is 1.43. The number of nitrogens with one attached hydrogen (secondary N) is 2. The molecule has 0 radical (unpaired) electrons. The molecule has 0 unspecified atom stereocenters. The number of nitrogens with zero attached hydrogens (tertiary/aromatic N) is 1. The number of anilines is 2. The fourth-order valence-corrected chi connectivity index (χ4v) is 4.98. The fourth-order valence-electron chi connectivity index (χ4n) is 4.46. The van der Waals surface area contributed by atoms with Gasteiger partial charge in [-0.2, -0.15) is 0 Å². The van der Waals surface area contributed by atoms with Crippen molar-refractivity contribution in [3.05, 3.63) is 93.6 Å². The van der Waals surface area contributed by atoms with Crippen molar-refractivity contribution in [1.82, 2.24) is 4.90 Å². The molecule has 0 bridgehead atoms. The maximum atomic E-state index is 13.0. The standard InChI is InChI=1S/C24H22IN3O2/c25-19-11-5-7-13-21(19)27-24-14-15-28(22(24)26-20-12-6-4-10-18(20)24)23(29)30-16-17-8-2-1-3-9-17/h1-13,22,26-27H,14-16H2/t22-,24+/m0/s1. The third-order valence-corrected chi connectivity index (χ3v) is 6.84. The average molecular weight is 511 g/mol. The first-order chi connectivity index (χ1) is 14.7. The Kier molecular flexibility index (Phi) is 5.02. The summed E-state index contributed by atoms with van der Waals surface area (Å²) in [7, 11) is 0. The Hall–Kier alpha value is -2.74. The molecular formula is C24H22IN3O2. The molecule has 6 heteroatoms. The van der Waals surface area contributed by atoms with E-state index in [1.165, 1.54) is 5.56 Å². The summed E-state index contributed by atoms with van der Waals surface area (Å²) >= 11 is 2.35. The van der Waals surface area contributed by atoms with Gasteiger partial charge in [-0.05, 0) is 52.8 Å². The number of halogens is 1. The van der Waals surface area contributed by atoms with Crippen molar-refractivity contribution in [3.8, 4) is 0 Å². The summed E-state index contributed by atoms with van der Waals surface area (Å²) in [5.74, 6) is 0. The summed E-state index contributed by atoms with van der Waals surface area (Å²) in [5, 5.41) is 7.35. The highest BCUT2D eigenvalue weighted by atomic mass is 127. The molecular weight excluding hydrogens is 489 g/mol. The van der Waals surface area contributed by atoms with Gasteiger partial charge in [0.25, 0.3) is 0 Å². The van der Waals surface area contributed by atoms with Gasteiger partial charge in [0, 0.05) is 27.1 Å². The highest BCUT2D eigenvalue weighted by Crippen LogP contribution is 2.49. The van der Waals surface area contributed by atoms with Crippen LogP contribution in [-0.4, -0.2) is 23.7 Å². The predicted molar refractivity (Wildman–Crippen MR) is 126 cm³/mol. The highest BCUT2D eigenvalue weighted by Gasteiger charge is 2.56. The lowest BCUT2D eigenvalue weighted by molar-refractivity contribution is 0.0926. The Morgan fingerprint density at radius 3 is 2.63 bits per heavy atom. The summed E-state index contributed by atoms with van der Waals surface area (Å²) in [4.78, 5) is 14.8. The molecule has 152 valence electrons. The van der Waals surface area contributed by atoms with Crippen molar-refractivity contribution in [2.24, 2.45) is 0 Å². The van der Waals surface area contributed by atoms with Crippen LogP contribution in [0.15, 0.2) is 78.9 Å². The van der Waals surface area contributed by atoms with Crippen LogP contribution in [0.1, 0.15) is 17.5 Å². The first-order valence-corrected chi connectivity index (χ1v) is 11.1. The number of fused-ring (bicyclic) bond motifs is 3. The molecule has 2 atom stereocenters. The number of hydrogen-bond donors (Lipinski definition) is 2. The molecule has 2 heterocycles. The van der Waals surface area contributed by atoms with Crippen LogP contribution in [-0.2, 0) is 16.9 Å². The summed E-state index contributed by atoms with van der Waals surface area (Å²) < 4.78 is 6.81. The van der Waals surface area contributed by atoms with E-state index in [0.29, 0.717) is 6.54 Å². The largest absolute Gasteiger partial charge is 0.444 e. The van der Waals surface area contributed by atoms with Gasteiger partial charge in [0.2, 0.25) is 0 Å². The van der Waals surface area contributed by atoms with E-state index in [1.54, 1.807) is 0 Å². The van der Waals surface area contributed by atoms with Crippen LogP contribution in [0.4, 0.5) is 16.2 Å². The Bertz CT molecular complexity index is 1070. The Morgan fingerprint density at radius 2 is 1.80 bits per heavy atom. The third-order valence-electron chi connectivity index (χ3n) is 5.90. The number of likely N-dealkylation sites (tertiary alicyclic amines) is 1. The average Bonchev–Trinajstić information content (AvgIpc) is 3.28. The fraction of sp³-hybridized carbons (Fsp3) is 0.208. The van der Waals surface area contributed by atoms with Crippen LogP contribution >= 0.6 is 22.6 Å². The van der Waals surface area contributed by atoms with E-state index in [0.717, 1.165) is 26.9 Å². The minimum Gasteiger partial charge on any atom is -0.444 e. The molecule has 5 rings (SSSR count). The number of amides is 1. The van der Waals surface area contributed by atoms with E-state index >= 15 is 0 Å². The maximum absolute atomic E-state index is 13.0. The number of carbonyl (C=O) groups excluding carboxylic acids is 1. The third kappa shape index (κ3) is 3.29. The molecule has 1 amide bonds. The normalized spacial score (nSPS) is 21.5. The first-order valence-electron chi connectivity index (χ1n) is 10.0. The molecule has 30 heavy (non-hydrogen) atoms. The van der Waals surface area contributed by atoms with Crippen molar-refractivity contribution in [2.75, 3.05) is 17.2 Å². The number of hydrogen-bond acceptors (Lipinski definition) is 4. The number of rotatable bonds is 4. The predicted octanol–water partition coefficient (Wildman–Crippen LogP) is 5.39. The van der Waals surface area contributed by atoms with Gasteiger partial charge in [-0.25, -0.2) is 4.79 Å². The SMILES string of the molecule is O=C(OCc1ccccc1)N1CC[C@@]2(Nc3ccccc3I)c3ccccc3N[C@@H]12. The van der Waals surface area contributed by atoms with Crippen LogP contribution < -0.4 is 10.6 Å². The molecule has 1 fully saturated rings. The Morgan fingerprint density at radius 1 is 1.07 bits per heavy atom. The van der Waals surface area contributed by atoms with Gasteiger partial charge >= 0.3 is 6.09 Å². The van der Waals surface area contributed by atoms with Gasteiger partial charge in [-0.15, -0.1) is 0 Å². The Labute approximate surface area is 189 Å². The van der Waals surface area contributed by atoms with Gasteiger partial charge in [-0.3, -0.25) is 4.90 Å². The molecule has 5 nitrogen and oxygen atoms in total. The molecule has 0 saturated carbocycles. The van der Waals surface area contributed by atoms with Crippen LogP contribution in [0.2, 0.25) is 0 Å². The minimum atomic E-state index is -0.399. The number of benzene rings is 3. The van der Waals surface area contributed by atoms with E-state index in [2.05, 4.69) is 63.6 Å². The second-order valence-electron chi connectivity index (χ2n) is 7.65. The molecule has 2 aliphatic rings. The summed E-state index contributed by atoms with van der Waals surface area (Å²) in [6.45, 7) is 0.892. The number of carbonyl (C=O) groups is 1. The summed E-state index contributed by atoms with van der Waals surface area (Å²) in [5.41, 5.74) is 3.90. The molecule has 0 aliphatic carbocycles. The van der Waals surface area contributed by atoms with Gasteiger partial charge in [0.1, 0.15) is 18.3 Å². The van der Waals surface area contributed by atoms with Crippen molar-refractivity contribution in [3.63, 3.8) is 0 Å². The number of para-hydroxylation sites is 2. The second kappa shape index (κ2) is 7.83. The zero-order chi connectivity index (χ0) is 20.6. The van der Waals surface area contributed by atoms with Crippen molar-refractivity contribution < 1.29 is 9.53 Å². The molecule has 2 N–H and O–H groups in total. The van der Waals surface area contributed by atoms with Gasteiger partial charge in [0.15, 0.2) is 0 Å². The van der Waals surface area contributed by atoms with E-state index < -0.39 is 5.54 Å². The molecule has 1 saturated heterocycles. The van der Waals surface area contributed by atoms with Gasteiger partial charge in [-0.1, -0.05) is 60.7 Å². The van der Waals surface area contributed by atoms with E-state index in [4.69, 9.17) is 4.74 Å². The van der Waals surface area contributed by atoms with Crippen LogP contribution in [0.5, 0.6) is 0 Å². The summed E-state index contributed by atoms with van der Waals surface area (Å²) in [6.07, 6.45) is 0.289. The molecule has 0 spiro atoms. The lowest BCUT2D eigenvalue weighted by Gasteiger charge is -2.34. The van der Waals surface area contributed by atoms with Gasteiger partial charge < -0.3 is 15.4 Å². The van der Waals surface area contributed by atoms with Crippen LogP contribution in [0.25, 0.3) is 0 Å². The molecule has 2 aliphatic heterocycles. The lowest BCUT2D eigenvalue weighted by Crippen LogP contribution is -2.50. The van der Waals surface area contributed by atoms with E-state index in [-0.39, 0.29) is 18.9 Å².